The average molecular weight is 343 g/mol. The van der Waals surface area contributed by atoms with Gasteiger partial charge in [-0.25, -0.2) is 0 Å². The van der Waals surface area contributed by atoms with E-state index in [4.69, 9.17) is 5.73 Å². The van der Waals surface area contributed by atoms with Gasteiger partial charge in [0.25, 0.3) is 0 Å². The van der Waals surface area contributed by atoms with Crippen molar-refractivity contribution in [2.75, 3.05) is 13.1 Å². The second-order valence-electron chi connectivity index (χ2n) is 6.03. The van der Waals surface area contributed by atoms with Crippen LogP contribution in [-0.2, 0) is 16.0 Å². The number of amides is 2. The van der Waals surface area contributed by atoms with Gasteiger partial charge < -0.3 is 16.0 Å². The topological polar surface area (TPSA) is 75.4 Å². The van der Waals surface area contributed by atoms with E-state index in [-0.39, 0.29) is 12.1 Å². The van der Waals surface area contributed by atoms with Gasteiger partial charge in [-0.3, -0.25) is 9.59 Å². The fourth-order valence-electron chi connectivity index (χ4n) is 2.90. The van der Waals surface area contributed by atoms with E-state index in [2.05, 4.69) is 5.32 Å². The van der Waals surface area contributed by atoms with Gasteiger partial charge in [0.15, 0.2) is 0 Å². The molecule has 0 bridgehead atoms. The molecule has 0 aliphatic carbocycles. The molecule has 1 aromatic heterocycles. The maximum Gasteiger partial charge on any atom is 0.311 e. The van der Waals surface area contributed by atoms with Gasteiger partial charge in [0.1, 0.15) is 0 Å². The number of hydrogen-bond donors (Lipinski definition) is 2. The van der Waals surface area contributed by atoms with Crippen LogP contribution in [0, 0.1) is 0 Å². The minimum absolute atomic E-state index is 0.0286. The van der Waals surface area contributed by atoms with Crippen molar-refractivity contribution in [1.29, 1.82) is 0 Å². The SMILES string of the molecule is NC1CCN(C(=O)C(=O)NC(Cc2ccccc2)c2cccs2)C1. The van der Waals surface area contributed by atoms with Crippen LogP contribution in [0.3, 0.4) is 0 Å². The monoisotopic (exact) mass is 343 g/mol. The minimum Gasteiger partial charge on any atom is -0.340 e. The number of hydrogen-bond acceptors (Lipinski definition) is 4. The summed E-state index contributed by atoms with van der Waals surface area (Å²) in [6.45, 7) is 1.00. The number of carbonyl (C=O) groups is 2. The molecule has 2 aromatic rings. The van der Waals surface area contributed by atoms with Crippen molar-refractivity contribution in [3.63, 3.8) is 0 Å². The van der Waals surface area contributed by atoms with E-state index in [1.807, 2.05) is 47.8 Å². The summed E-state index contributed by atoms with van der Waals surface area (Å²) in [5, 5.41) is 4.87. The zero-order chi connectivity index (χ0) is 16.9. The number of nitrogens with one attached hydrogen (secondary N) is 1. The number of likely N-dealkylation sites (tertiary alicyclic amines) is 1. The molecule has 2 amide bonds. The molecule has 1 aliphatic rings. The summed E-state index contributed by atoms with van der Waals surface area (Å²) in [6.07, 6.45) is 1.40. The van der Waals surface area contributed by atoms with Crippen LogP contribution in [0.5, 0.6) is 0 Å². The number of thiophene rings is 1. The van der Waals surface area contributed by atoms with Gasteiger partial charge in [-0.05, 0) is 29.9 Å². The highest BCUT2D eigenvalue weighted by Crippen LogP contribution is 2.23. The van der Waals surface area contributed by atoms with Crippen molar-refractivity contribution in [3.8, 4) is 0 Å². The largest absolute Gasteiger partial charge is 0.340 e. The van der Waals surface area contributed by atoms with Gasteiger partial charge in [-0.1, -0.05) is 36.4 Å². The van der Waals surface area contributed by atoms with Crippen molar-refractivity contribution in [3.05, 3.63) is 58.3 Å². The van der Waals surface area contributed by atoms with Gasteiger partial charge >= 0.3 is 11.8 Å². The van der Waals surface area contributed by atoms with E-state index < -0.39 is 11.8 Å². The van der Waals surface area contributed by atoms with Crippen LogP contribution in [0.2, 0.25) is 0 Å². The van der Waals surface area contributed by atoms with Crippen molar-refractivity contribution < 1.29 is 9.59 Å². The van der Waals surface area contributed by atoms with E-state index in [9.17, 15) is 9.59 Å². The zero-order valence-corrected chi connectivity index (χ0v) is 14.2. The molecule has 0 spiro atoms. The summed E-state index contributed by atoms with van der Waals surface area (Å²) in [6, 6.07) is 13.6. The molecule has 3 N–H and O–H groups in total. The van der Waals surface area contributed by atoms with Crippen molar-refractivity contribution in [2.45, 2.75) is 24.9 Å². The molecule has 1 fully saturated rings. The Morgan fingerprint density at radius 2 is 2.04 bits per heavy atom. The third-order valence-electron chi connectivity index (χ3n) is 4.18. The van der Waals surface area contributed by atoms with E-state index >= 15 is 0 Å². The number of nitrogens with two attached hydrogens (primary N) is 1. The third kappa shape index (κ3) is 4.01. The van der Waals surface area contributed by atoms with Crippen LogP contribution < -0.4 is 11.1 Å². The van der Waals surface area contributed by atoms with Gasteiger partial charge in [-0.15, -0.1) is 11.3 Å². The lowest BCUT2D eigenvalue weighted by atomic mass is 10.0. The van der Waals surface area contributed by atoms with Gasteiger partial charge in [-0.2, -0.15) is 0 Å². The van der Waals surface area contributed by atoms with Crippen molar-refractivity contribution in [2.24, 2.45) is 5.73 Å². The van der Waals surface area contributed by atoms with Crippen LogP contribution >= 0.6 is 11.3 Å². The molecule has 2 heterocycles. The van der Waals surface area contributed by atoms with Gasteiger partial charge in [0.05, 0.1) is 6.04 Å². The van der Waals surface area contributed by atoms with Gasteiger partial charge in [0.2, 0.25) is 0 Å². The molecule has 3 rings (SSSR count). The lowest BCUT2D eigenvalue weighted by molar-refractivity contribution is -0.145. The normalized spacial score (nSPS) is 18.4. The number of benzene rings is 1. The number of rotatable bonds is 4. The maximum absolute atomic E-state index is 12.4. The summed E-state index contributed by atoms with van der Waals surface area (Å²) in [5.41, 5.74) is 6.94. The van der Waals surface area contributed by atoms with Crippen LogP contribution in [0.4, 0.5) is 0 Å². The summed E-state index contributed by atoms with van der Waals surface area (Å²) < 4.78 is 0. The molecule has 5 nitrogen and oxygen atoms in total. The molecular weight excluding hydrogens is 322 g/mol. The Morgan fingerprint density at radius 1 is 1.25 bits per heavy atom. The van der Waals surface area contributed by atoms with Gasteiger partial charge in [0, 0.05) is 24.0 Å². The number of carbonyl (C=O) groups excluding carboxylic acids is 2. The number of nitrogens with zero attached hydrogens (tertiary/aromatic N) is 1. The fourth-order valence-corrected chi connectivity index (χ4v) is 3.68. The lowest BCUT2D eigenvalue weighted by Crippen LogP contribution is -2.44. The molecule has 1 saturated heterocycles. The molecule has 126 valence electrons. The first-order valence-corrected chi connectivity index (χ1v) is 8.94. The van der Waals surface area contributed by atoms with Crippen LogP contribution in [0.15, 0.2) is 47.8 Å². The fraction of sp³-hybridized carbons (Fsp3) is 0.333. The zero-order valence-electron chi connectivity index (χ0n) is 13.4. The Labute approximate surface area is 145 Å². The maximum atomic E-state index is 12.4. The molecule has 0 saturated carbocycles. The van der Waals surface area contributed by atoms with Crippen molar-refractivity contribution in [1.82, 2.24) is 10.2 Å². The van der Waals surface area contributed by atoms with E-state index in [1.165, 1.54) is 4.90 Å². The summed E-state index contributed by atoms with van der Waals surface area (Å²) in [4.78, 5) is 27.3. The first kappa shape index (κ1) is 16.7. The van der Waals surface area contributed by atoms with Crippen LogP contribution in [0.25, 0.3) is 0 Å². The quantitative estimate of drug-likeness (QED) is 0.830. The highest BCUT2D eigenvalue weighted by Gasteiger charge is 2.29. The Bertz CT molecular complexity index is 688. The minimum atomic E-state index is -0.557. The van der Waals surface area contributed by atoms with Crippen molar-refractivity contribution >= 4 is 23.2 Å². The van der Waals surface area contributed by atoms with Crippen LogP contribution in [-0.4, -0.2) is 35.8 Å². The van der Waals surface area contributed by atoms with E-state index in [1.54, 1.807) is 11.3 Å². The molecule has 1 aromatic carbocycles. The smallest absolute Gasteiger partial charge is 0.311 e. The molecule has 2 unspecified atom stereocenters. The Hall–Kier alpha value is -2.18. The average Bonchev–Trinajstić information content (AvgIpc) is 3.26. The first-order chi connectivity index (χ1) is 11.6. The molecular formula is C18H21N3O2S. The summed E-state index contributed by atoms with van der Waals surface area (Å²) in [5.74, 6) is -1.05. The molecule has 2 atom stereocenters. The van der Waals surface area contributed by atoms with Crippen LogP contribution in [0.1, 0.15) is 22.9 Å². The Kier molecular flexibility index (Phi) is 5.27. The molecule has 6 heteroatoms. The Balaban J connectivity index is 1.69. The molecule has 24 heavy (non-hydrogen) atoms. The van der Waals surface area contributed by atoms with E-state index in [0.29, 0.717) is 19.5 Å². The third-order valence-corrected chi connectivity index (χ3v) is 5.17. The predicted octanol–water partition coefficient (Wildman–Crippen LogP) is 1.71. The Morgan fingerprint density at radius 3 is 2.67 bits per heavy atom. The second-order valence-corrected chi connectivity index (χ2v) is 7.01. The second kappa shape index (κ2) is 7.59. The molecule has 0 radical (unpaired) electrons. The summed E-state index contributed by atoms with van der Waals surface area (Å²) in [7, 11) is 0. The highest BCUT2D eigenvalue weighted by atomic mass is 32.1. The molecule has 1 aliphatic heterocycles. The summed E-state index contributed by atoms with van der Waals surface area (Å²) >= 11 is 1.58. The predicted molar refractivity (Wildman–Crippen MR) is 94.5 cm³/mol. The van der Waals surface area contributed by atoms with E-state index in [0.717, 1.165) is 16.9 Å². The highest BCUT2D eigenvalue weighted by molar-refractivity contribution is 7.10. The lowest BCUT2D eigenvalue weighted by Gasteiger charge is -2.20. The first-order valence-electron chi connectivity index (χ1n) is 8.06. The standard InChI is InChI=1S/C18H21N3O2S/c19-14-8-9-21(12-14)18(23)17(22)20-15(16-7-4-10-24-16)11-13-5-2-1-3-6-13/h1-7,10,14-15H,8-9,11-12,19H2,(H,20,22).